The van der Waals surface area contributed by atoms with E-state index in [1.807, 2.05) is 24.3 Å². The summed E-state index contributed by atoms with van der Waals surface area (Å²) in [6.07, 6.45) is 5.97. The second kappa shape index (κ2) is 12.3. The largest absolute Gasteiger partial charge is 0.493 e. The lowest BCUT2D eigenvalue weighted by Crippen LogP contribution is -2.07. The number of ether oxygens (including phenoxy) is 2. The second-order valence-corrected chi connectivity index (χ2v) is 9.24. The highest BCUT2D eigenvalue weighted by Gasteiger charge is 2.12. The zero-order valence-corrected chi connectivity index (χ0v) is 19.7. The average molecular weight is 465 g/mol. The van der Waals surface area contributed by atoms with Crippen molar-refractivity contribution in [1.82, 2.24) is 0 Å². The van der Waals surface area contributed by atoms with Crippen molar-refractivity contribution >= 4 is 16.1 Å². The van der Waals surface area contributed by atoms with Gasteiger partial charge in [-0.05, 0) is 67.0 Å². The van der Waals surface area contributed by atoms with Gasteiger partial charge in [-0.3, -0.25) is 4.79 Å². The fourth-order valence-electron chi connectivity index (χ4n) is 3.26. The molecule has 0 saturated carbocycles. The second-order valence-electron chi connectivity index (χ2n) is 7.66. The zero-order valence-electron chi connectivity index (χ0n) is 18.9. The number of carbonyl (C=O) groups is 1. The van der Waals surface area contributed by atoms with Crippen molar-refractivity contribution in [2.45, 2.75) is 51.9 Å². The molecular weight excluding hydrogens is 432 g/mol. The Bertz CT molecular complexity index is 999. The lowest BCUT2D eigenvalue weighted by molar-refractivity contribution is -0.136. The van der Waals surface area contributed by atoms with Crippen LogP contribution in [0.5, 0.6) is 17.2 Å². The van der Waals surface area contributed by atoms with Crippen LogP contribution in [-0.4, -0.2) is 39.5 Å². The number of hydrogen-bond acceptors (Lipinski definition) is 6. The summed E-state index contributed by atoms with van der Waals surface area (Å²) in [6.45, 7) is 2.74. The van der Waals surface area contributed by atoms with Gasteiger partial charge in [0, 0.05) is 6.42 Å². The van der Waals surface area contributed by atoms with Crippen LogP contribution in [0.2, 0.25) is 0 Å². The van der Waals surface area contributed by atoms with Gasteiger partial charge in [-0.2, -0.15) is 8.42 Å². The molecule has 2 aromatic rings. The average Bonchev–Trinajstić information content (AvgIpc) is 2.73. The molecule has 0 spiro atoms. The van der Waals surface area contributed by atoms with Crippen LogP contribution in [0.1, 0.15) is 49.3 Å². The molecule has 2 rings (SSSR count). The van der Waals surface area contributed by atoms with Gasteiger partial charge in [0.25, 0.3) is 0 Å². The molecule has 7 nitrogen and oxygen atoms in total. The van der Waals surface area contributed by atoms with Crippen LogP contribution in [0.3, 0.4) is 0 Å². The number of methoxy groups -OCH3 is 1. The topological polar surface area (TPSA) is 99.1 Å². The van der Waals surface area contributed by atoms with E-state index in [4.69, 9.17) is 18.8 Å². The Kier molecular flexibility index (Phi) is 9.84. The Labute approximate surface area is 190 Å². The maximum Gasteiger partial charge on any atom is 0.306 e. The fourth-order valence-corrected chi connectivity index (χ4v) is 3.72. The Morgan fingerprint density at radius 3 is 2.28 bits per heavy atom. The van der Waals surface area contributed by atoms with E-state index in [9.17, 15) is 13.2 Å². The van der Waals surface area contributed by atoms with E-state index in [0.717, 1.165) is 60.8 Å². The number of benzene rings is 2. The quantitative estimate of drug-likeness (QED) is 0.327. The summed E-state index contributed by atoms with van der Waals surface area (Å²) >= 11 is 0. The molecule has 176 valence electrons. The van der Waals surface area contributed by atoms with Gasteiger partial charge < -0.3 is 18.8 Å². The summed E-state index contributed by atoms with van der Waals surface area (Å²) in [5.74, 6) is 0.545. The SMILES string of the molecule is CCCCOc1cc(CCC(=O)O)ccc1CCCc1ccc(OS(C)(=O)=O)c(OC)c1. The number of carboxylic acids is 1. The number of rotatable bonds is 14. The van der Waals surface area contributed by atoms with Gasteiger partial charge in [-0.15, -0.1) is 0 Å². The summed E-state index contributed by atoms with van der Waals surface area (Å²) in [5, 5.41) is 8.93. The van der Waals surface area contributed by atoms with E-state index >= 15 is 0 Å². The highest BCUT2D eigenvalue weighted by Crippen LogP contribution is 2.30. The van der Waals surface area contributed by atoms with Gasteiger partial charge in [0.05, 0.1) is 20.0 Å². The number of unbranched alkanes of at least 4 members (excludes halogenated alkanes) is 1. The first-order valence-electron chi connectivity index (χ1n) is 10.7. The van der Waals surface area contributed by atoms with Gasteiger partial charge in [-0.1, -0.05) is 31.5 Å². The number of aliphatic carboxylic acids is 1. The molecular formula is C24H32O7S. The van der Waals surface area contributed by atoms with E-state index in [2.05, 4.69) is 6.92 Å². The van der Waals surface area contributed by atoms with Gasteiger partial charge in [-0.25, -0.2) is 0 Å². The van der Waals surface area contributed by atoms with Gasteiger partial charge in [0.2, 0.25) is 0 Å². The summed E-state index contributed by atoms with van der Waals surface area (Å²) in [6, 6.07) is 11.2. The lowest BCUT2D eigenvalue weighted by Gasteiger charge is -2.14. The van der Waals surface area contributed by atoms with E-state index in [-0.39, 0.29) is 12.2 Å². The summed E-state index contributed by atoms with van der Waals surface area (Å²) in [5.41, 5.74) is 3.05. The van der Waals surface area contributed by atoms with Crippen molar-refractivity contribution in [3.05, 3.63) is 53.1 Å². The van der Waals surface area contributed by atoms with Crippen LogP contribution in [0.25, 0.3) is 0 Å². The van der Waals surface area contributed by atoms with Crippen molar-refractivity contribution in [3.63, 3.8) is 0 Å². The van der Waals surface area contributed by atoms with E-state index < -0.39 is 16.1 Å². The van der Waals surface area contributed by atoms with Crippen molar-refractivity contribution in [3.8, 4) is 17.2 Å². The predicted molar refractivity (Wildman–Crippen MR) is 123 cm³/mol. The molecule has 0 saturated heterocycles. The Morgan fingerprint density at radius 1 is 0.938 bits per heavy atom. The van der Waals surface area contributed by atoms with Crippen molar-refractivity contribution in [1.29, 1.82) is 0 Å². The highest BCUT2D eigenvalue weighted by molar-refractivity contribution is 7.86. The molecule has 0 amide bonds. The first-order valence-corrected chi connectivity index (χ1v) is 12.6. The van der Waals surface area contributed by atoms with Crippen LogP contribution in [0.15, 0.2) is 36.4 Å². The van der Waals surface area contributed by atoms with Crippen LogP contribution in [-0.2, 0) is 34.2 Å². The first-order chi connectivity index (χ1) is 15.2. The zero-order chi connectivity index (χ0) is 23.6. The summed E-state index contributed by atoms with van der Waals surface area (Å²) < 4.78 is 39.0. The van der Waals surface area contributed by atoms with Crippen molar-refractivity contribution < 1.29 is 32.0 Å². The van der Waals surface area contributed by atoms with E-state index in [0.29, 0.717) is 18.8 Å². The Balaban J connectivity index is 2.06. The van der Waals surface area contributed by atoms with Crippen LogP contribution < -0.4 is 13.7 Å². The number of hydrogen-bond donors (Lipinski definition) is 1. The van der Waals surface area contributed by atoms with E-state index in [1.54, 1.807) is 12.1 Å². The van der Waals surface area contributed by atoms with Gasteiger partial charge in [0.1, 0.15) is 5.75 Å². The number of aryl methyl sites for hydroxylation is 3. The maximum absolute atomic E-state index is 11.4. The third-order valence-electron chi connectivity index (χ3n) is 4.90. The molecule has 0 aliphatic carbocycles. The molecule has 0 aliphatic rings. The normalized spacial score (nSPS) is 11.2. The lowest BCUT2D eigenvalue weighted by atomic mass is 10.0. The molecule has 0 atom stereocenters. The molecule has 2 aromatic carbocycles. The van der Waals surface area contributed by atoms with Crippen LogP contribution >= 0.6 is 0 Å². The van der Waals surface area contributed by atoms with Crippen LogP contribution in [0.4, 0.5) is 0 Å². The first kappa shape index (κ1) is 25.5. The van der Waals surface area contributed by atoms with Gasteiger partial charge in [0.15, 0.2) is 11.5 Å². The van der Waals surface area contributed by atoms with E-state index in [1.165, 1.54) is 7.11 Å². The molecule has 0 fully saturated rings. The minimum atomic E-state index is -3.63. The molecule has 32 heavy (non-hydrogen) atoms. The Morgan fingerprint density at radius 2 is 1.62 bits per heavy atom. The molecule has 0 radical (unpaired) electrons. The molecule has 1 N–H and O–H groups in total. The third-order valence-corrected chi connectivity index (χ3v) is 5.38. The molecule has 0 unspecified atom stereocenters. The molecule has 0 aliphatic heterocycles. The summed E-state index contributed by atoms with van der Waals surface area (Å²) in [7, 11) is -2.16. The molecule has 0 heterocycles. The van der Waals surface area contributed by atoms with Gasteiger partial charge >= 0.3 is 16.1 Å². The van der Waals surface area contributed by atoms with Crippen molar-refractivity contribution in [2.24, 2.45) is 0 Å². The minimum absolute atomic E-state index is 0.0919. The summed E-state index contributed by atoms with van der Waals surface area (Å²) in [4.78, 5) is 10.9. The fraction of sp³-hybridized carbons (Fsp3) is 0.458. The number of carboxylic acid groups (broad SMARTS) is 1. The smallest absolute Gasteiger partial charge is 0.306 e. The standard InChI is InChI=1S/C24H32O7S/c1-4-5-15-30-22-16-19(11-14-24(25)26)9-12-20(22)8-6-7-18-10-13-21(23(17-18)29-2)31-32(3,27)28/h9-10,12-13,16-17H,4-8,11,14-15H2,1-3H3,(H,25,26). The minimum Gasteiger partial charge on any atom is -0.493 e. The molecule has 8 heteroatoms. The van der Waals surface area contributed by atoms with Crippen molar-refractivity contribution in [2.75, 3.05) is 20.0 Å². The monoisotopic (exact) mass is 464 g/mol. The maximum atomic E-state index is 11.4. The molecule has 0 bridgehead atoms. The van der Waals surface area contributed by atoms with Crippen LogP contribution in [0, 0.1) is 0 Å². The highest BCUT2D eigenvalue weighted by atomic mass is 32.2. The molecule has 0 aromatic heterocycles. The third kappa shape index (κ3) is 8.78. The Hall–Kier alpha value is -2.74. The predicted octanol–water partition coefficient (Wildman–Crippen LogP) is 4.41.